The van der Waals surface area contributed by atoms with E-state index in [9.17, 15) is 4.79 Å². The second-order valence-corrected chi connectivity index (χ2v) is 9.51. The molecule has 1 aliphatic heterocycles. The molecule has 0 saturated heterocycles. The standard InChI is InChI=1S/C23H37NO3/c1-15(2)22-18-13-20(27-8)19(26-7)12-17(18)9-10-24(22)21(25)11-16(3)14-23(4,5)6/h12-13,15-16,22H,9-11,14H2,1-8H3. The van der Waals surface area contributed by atoms with Crippen LogP contribution in [0.2, 0.25) is 0 Å². The summed E-state index contributed by atoms with van der Waals surface area (Å²) in [4.78, 5) is 15.3. The summed E-state index contributed by atoms with van der Waals surface area (Å²) < 4.78 is 11.0. The average Bonchev–Trinajstić information content (AvgIpc) is 2.57. The van der Waals surface area contributed by atoms with Gasteiger partial charge in [-0.05, 0) is 53.4 Å². The van der Waals surface area contributed by atoms with Crippen molar-refractivity contribution in [2.24, 2.45) is 17.3 Å². The van der Waals surface area contributed by atoms with Crippen LogP contribution in [0.15, 0.2) is 12.1 Å². The lowest BCUT2D eigenvalue weighted by atomic mass is 9.82. The zero-order chi connectivity index (χ0) is 20.4. The predicted octanol–water partition coefficient (Wildman–Crippen LogP) is 5.25. The molecule has 27 heavy (non-hydrogen) atoms. The molecule has 4 nitrogen and oxygen atoms in total. The molecule has 0 aromatic heterocycles. The summed E-state index contributed by atoms with van der Waals surface area (Å²) in [6, 6.07) is 4.23. The van der Waals surface area contributed by atoms with E-state index in [-0.39, 0.29) is 17.4 Å². The van der Waals surface area contributed by atoms with Gasteiger partial charge in [0.2, 0.25) is 5.91 Å². The second kappa shape index (κ2) is 8.53. The van der Waals surface area contributed by atoms with Gasteiger partial charge in [-0.2, -0.15) is 0 Å². The lowest BCUT2D eigenvalue weighted by Gasteiger charge is -2.41. The van der Waals surface area contributed by atoms with Crippen molar-refractivity contribution < 1.29 is 14.3 Å². The molecule has 1 aliphatic rings. The smallest absolute Gasteiger partial charge is 0.223 e. The molecule has 0 radical (unpaired) electrons. The summed E-state index contributed by atoms with van der Waals surface area (Å²) in [5.41, 5.74) is 2.71. The molecular weight excluding hydrogens is 338 g/mol. The molecule has 0 fully saturated rings. The normalized spacial score (nSPS) is 18.3. The number of benzene rings is 1. The molecule has 1 aromatic carbocycles. The van der Waals surface area contributed by atoms with E-state index >= 15 is 0 Å². The Morgan fingerprint density at radius 1 is 1.15 bits per heavy atom. The highest BCUT2D eigenvalue weighted by atomic mass is 16.5. The first-order valence-electron chi connectivity index (χ1n) is 10.1. The van der Waals surface area contributed by atoms with Crippen LogP contribution in [0, 0.1) is 17.3 Å². The third kappa shape index (κ3) is 5.18. The number of hydrogen-bond donors (Lipinski definition) is 0. The van der Waals surface area contributed by atoms with Crippen LogP contribution < -0.4 is 9.47 Å². The van der Waals surface area contributed by atoms with Crippen molar-refractivity contribution in [2.45, 2.75) is 66.8 Å². The molecule has 2 rings (SSSR count). The Balaban J connectivity index is 2.29. The molecule has 1 aromatic rings. The Kier molecular flexibility index (Phi) is 6.82. The molecule has 0 saturated carbocycles. The van der Waals surface area contributed by atoms with E-state index in [1.54, 1.807) is 14.2 Å². The van der Waals surface area contributed by atoms with E-state index in [0.717, 1.165) is 30.9 Å². The molecule has 2 unspecified atom stereocenters. The molecule has 0 aliphatic carbocycles. The van der Waals surface area contributed by atoms with Gasteiger partial charge in [0.1, 0.15) is 0 Å². The molecule has 0 N–H and O–H groups in total. The molecule has 2 atom stereocenters. The fourth-order valence-electron chi connectivity index (χ4n) is 4.51. The van der Waals surface area contributed by atoms with E-state index in [1.165, 1.54) is 11.1 Å². The summed E-state index contributed by atoms with van der Waals surface area (Å²) in [5, 5.41) is 0. The van der Waals surface area contributed by atoms with E-state index < -0.39 is 0 Å². The third-order valence-electron chi connectivity index (χ3n) is 5.36. The molecule has 0 bridgehead atoms. The van der Waals surface area contributed by atoms with Crippen molar-refractivity contribution in [2.75, 3.05) is 20.8 Å². The number of carbonyl (C=O) groups excluding carboxylic acids is 1. The van der Waals surface area contributed by atoms with Gasteiger partial charge in [0, 0.05) is 13.0 Å². The van der Waals surface area contributed by atoms with Gasteiger partial charge in [0.15, 0.2) is 11.5 Å². The molecule has 4 heteroatoms. The lowest BCUT2D eigenvalue weighted by Crippen LogP contribution is -2.42. The number of carbonyl (C=O) groups is 1. The van der Waals surface area contributed by atoms with Gasteiger partial charge < -0.3 is 14.4 Å². The molecule has 152 valence electrons. The zero-order valence-electron chi connectivity index (χ0n) is 18.4. The third-order valence-corrected chi connectivity index (χ3v) is 5.36. The Morgan fingerprint density at radius 3 is 2.26 bits per heavy atom. The van der Waals surface area contributed by atoms with Gasteiger partial charge in [-0.15, -0.1) is 0 Å². The number of rotatable bonds is 6. The van der Waals surface area contributed by atoms with Gasteiger partial charge in [0.05, 0.1) is 20.3 Å². The van der Waals surface area contributed by atoms with E-state index in [2.05, 4.69) is 58.6 Å². The Bertz CT molecular complexity index is 660. The van der Waals surface area contributed by atoms with Crippen molar-refractivity contribution in [3.8, 4) is 11.5 Å². The summed E-state index contributed by atoms with van der Waals surface area (Å²) in [6.07, 6.45) is 2.53. The fourth-order valence-corrected chi connectivity index (χ4v) is 4.51. The monoisotopic (exact) mass is 375 g/mol. The predicted molar refractivity (Wildman–Crippen MR) is 110 cm³/mol. The van der Waals surface area contributed by atoms with Crippen LogP contribution in [-0.2, 0) is 11.2 Å². The Labute approximate surface area is 165 Å². The van der Waals surface area contributed by atoms with E-state index in [4.69, 9.17) is 9.47 Å². The zero-order valence-corrected chi connectivity index (χ0v) is 18.4. The average molecular weight is 376 g/mol. The van der Waals surface area contributed by atoms with Crippen molar-refractivity contribution in [1.82, 2.24) is 4.90 Å². The highest BCUT2D eigenvalue weighted by Crippen LogP contribution is 2.41. The first kappa shape index (κ1) is 21.6. The minimum atomic E-state index is 0.0860. The minimum absolute atomic E-state index is 0.0860. The topological polar surface area (TPSA) is 38.8 Å². The first-order valence-corrected chi connectivity index (χ1v) is 10.1. The van der Waals surface area contributed by atoms with Gasteiger partial charge in [-0.1, -0.05) is 41.5 Å². The van der Waals surface area contributed by atoms with E-state index in [1.807, 2.05) is 0 Å². The summed E-state index contributed by atoms with van der Waals surface area (Å²) in [5.74, 6) is 2.49. The van der Waals surface area contributed by atoms with Crippen molar-refractivity contribution in [3.63, 3.8) is 0 Å². The Hall–Kier alpha value is -1.71. The van der Waals surface area contributed by atoms with Crippen LogP contribution in [0.3, 0.4) is 0 Å². The molecular formula is C23H37NO3. The van der Waals surface area contributed by atoms with Crippen molar-refractivity contribution in [1.29, 1.82) is 0 Å². The molecule has 1 amide bonds. The quantitative estimate of drug-likeness (QED) is 0.682. The van der Waals surface area contributed by atoms with Gasteiger partial charge in [0.25, 0.3) is 0 Å². The van der Waals surface area contributed by atoms with Gasteiger partial charge in [-0.25, -0.2) is 0 Å². The van der Waals surface area contributed by atoms with Gasteiger partial charge in [-0.3, -0.25) is 4.79 Å². The van der Waals surface area contributed by atoms with Crippen LogP contribution in [0.4, 0.5) is 0 Å². The summed E-state index contributed by atoms with van der Waals surface area (Å²) in [7, 11) is 3.33. The maximum Gasteiger partial charge on any atom is 0.223 e. The number of hydrogen-bond acceptors (Lipinski definition) is 3. The van der Waals surface area contributed by atoms with Gasteiger partial charge >= 0.3 is 0 Å². The van der Waals surface area contributed by atoms with Crippen LogP contribution in [-0.4, -0.2) is 31.6 Å². The highest BCUT2D eigenvalue weighted by molar-refractivity contribution is 5.77. The first-order chi connectivity index (χ1) is 12.6. The van der Waals surface area contributed by atoms with E-state index in [0.29, 0.717) is 18.3 Å². The highest BCUT2D eigenvalue weighted by Gasteiger charge is 2.34. The lowest BCUT2D eigenvalue weighted by molar-refractivity contribution is -0.136. The fraction of sp³-hybridized carbons (Fsp3) is 0.696. The molecule has 0 spiro atoms. The van der Waals surface area contributed by atoms with Crippen molar-refractivity contribution in [3.05, 3.63) is 23.3 Å². The van der Waals surface area contributed by atoms with Crippen LogP contribution in [0.5, 0.6) is 11.5 Å². The number of fused-ring (bicyclic) bond motifs is 1. The summed E-state index contributed by atoms with van der Waals surface area (Å²) >= 11 is 0. The van der Waals surface area contributed by atoms with Crippen LogP contribution in [0.25, 0.3) is 0 Å². The SMILES string of the molecule is COc1cc2c(cc1OC)C(C(C)C)N(C(=O)CC(C)CC(C)(C)C)CC2. The van der Waals surface area contributed by atoms with Crippen LogP contribution in [0.1, 0.15) is 71.6 Å². The number of ether oxygens (including phenoxy) is 2. The molecule has 1 heterocycles. The largest absolute Gasteiger partial charge is 0.493 e. The summed E-state index contributed by atoms with van der Waals surface area (Å²) in [6.45, 7) is 14.1. The van der Waals surface area contributed by atoms with Crippen LogP contribution >= 0.6 is 0 Å². The Morgan fingerprint density at radius 2 is 1.74 bits per heavy atom. The second-order valence-electron chi connectivity index (χ2n) is 9.51. The maximum atomic E-state index is 13.2. The maximum absolute atomic E-state index is 13.2. The number of methoxy groups -OCH3 is 2. The number of nitrogens with zero attached hydrogens (tertiary/aromatic N) is 1. The number of amides is 1. The van der Waals surface area contributed by atoms with Crippen molar-refractivity contribution >= 4 is 5.91 Å². The minimum Gasteiger partial charge on any atom is -0.493 e.